The van der Waals surface area contributed by atoms with Gasteiger partial charge in [-0.05, 0) is 34.5 Å². The molecule has 2 aromatic rings. The number of halogens is 4. The lowest BCUT2D eigenvalue weighted by Gasteiger charge is -2.09. The van der Waals surface area contributed by atoms with Crippen LogP contribution in [0.25, 0.3) is 0 Å². The molecule has 1 aromatic heterocycles. The van der Waals surface area contributed by atoms with Crippen LogP contribution >= 0.6 is 15.9 Å². The minimum atomic E-state index is -1.00. The molecule has 1 aromatic carbocycles. The fraction of sp³-hybridized carbons (Fsp3) is 0.0833. The van der Waals surface area contributed by atoms with Gasteiger partial charge in [-0.3, -0.25) is 0 Å². The van der Waals surface area contributed by atoms with Gasteiger partial charge in [0.2, 0.25) is 0 Å². The summed E-state index contributed by atoms with van der Waals surface area (Å²) >= 11 is 3.27. The standard InChI is InChI=1S/C12H8BrF3N2/c1-6-2-11(17-5-8(6)13)18-12-9(15)3-7(14)4-10(12)16/h2-5H,1H3,(H,17,18). The first-order chi connectivity index (χ1) is 8.47. The number of benzene rings is 1. The Morgan fingerprint density at radius 1 is 1.11 bits per heavy atom. The number of pyridine rings is 1. The molecule has 6 heteroatoms. The zero-order chi connectivity index (χ0) is 13.3. The van der Waals surface area contributed by atoms with Crippen molar-refractivity contribution in [2.45, 2.75) is 6.92 Å². The van der Waals surface area contributed by atoms with Gasteiger partial charge in [0.1, 0.15) is 17.3 Å². The minimum Gasteiger partial charge on any atom is -0.335 e. The Labute approximate surface area is 110 Å². The van der Waals surface area contributed by atoms with Crippen molar-refractivity contribution in [1.29, 1.82) is 0 Å². The largest absolute Gasteiger partial charge is 0.335 e. The van der Waals surface area contributed by atoms with Crippen LogP contribution in [0.3, 0.4) is 0 Å². The third-order valence-electron chi connectivity index (χ3n) is 2.31. The number of nitrogens with zero attached hydrogens (tertiary/aromatic N) is 1. The van der Waals surface area contributed by atoms with Gasteiger partial charge in [0.05, 0.1) is 0 Å². The maximum atomic E-state index is 13.4. The summed E-state index contributed by atoms with van der Waals surface area (Å²) in [6.07, 6.45) is 1.51. The minimum absolute atomic E-state index is 0.278. The smallest absolute Gasteiger partial charge is 0.152 e. The summed E-state index contributed by atoms with van der Waals surface area (Å²) in [6.45, 7) is 1.81. The summed E-state index contributed by atoms with van der Waals surface area (Å²) in [6, 6.07) is 2.83. The summed E-state index contributed by atoms with van der Waals surface area (Å²) in [4.78, 5) is 3.95. The molecule has 0 bridgehead atoms. The van der Waals surface area contributed by atoms with E-state index in [1.54, 1.807) is 6.07 Å². The van der Waals surface area contributed by atoms with Crippen LogP contribution in [0.4, 0.5) is 24.7 Å². The Morgan fingerprint density at radius 2 is 1.72 bits per heavy atom. The first-order valence-electron chi connectivity index (χ1n) is 5.01. The zero-order valence-electron chi connectivity index (χ0n) is 9.27. The second-order valence-corrected chi connectivity index (χ2v) is 4.54. The molecule has 0 aliphatic carbocycles. The van der Waals surface area contributed by atoms with E-state index in [4.69, 9.17) is 0 Å². The molecule has 0 fully saturated rings. The average Bonchev–Trinajstić information content (AvgIpc) is 2.28. The van der Waals surface area contributed by atoms with Crippen LogP contribution in [0.15, 0.2) is 28.9 Å². The molecule has 0 unspecified atom stereocenters. The van der Waals surface area contributed by atoms with Gasteiger partial charge in [0.15, 0.2) is 11.6 Å². The Hall–Kier alpha value is -1.56. The highest BCUT2D eigenvalue weighted by molar-refractivity contribution is 9.10. The van der Waals surface area contributed by atoms with Crippen LogP contribution in [0.2, 0.25) is 0 Å². The third kappa shape index (κ3) is 2.64. The maximum Gasteiger partial charge on any atom is 0.152 e. The average molecular weight is 317 g/mol. The molecule has 1 heterocycles. The summed E-state index contributed by atoms with van der Waals surface area (Å²) in [5, 5.41) is 2.49. The van der Waals surface area contributed by atoms with E-state index in [0.717, 1.165) is 10.0 Å². The molecular formula is C12H8BrF3N2. The van der Waals surface area contributed by atoms with Gasteiger partial charge in [0, 0.05) is 22.8 Å². The molecule has 0 saturated heterocycles. The maximum absolute atomic E-state index is 13.4. The normalized spacial score (nSPS) is 10.5. The second-order valence-electron chi connectivity index (χ2n) is 3.69. The van der Waals surface area contributed by atoms with Crippen LogP contribution in [0.1, 0.15) is 5.56 Å². The lowest BCUT2D eigenvalue weighted by molar-refractivity contribution is 0.549. The number of nitrogens with one attached hydrogen (secondary N) is 1. The quantitative estimate of drug-likeness (QED) is 0.892. The van der Waals surface area contributed by atoms with Gasteiger partial charge in [-0.25, -0.2) is 18.2 Å². The van der Waals surface area contributed by atoms with E-state index in [-0.39, 0.29) is 5.82 Å². The molecule has 1 N–H and O–H groups in total. The van der Waals surface area contributed by atoms with Gasteiger partial charge in [-0.2, -0.15) is 0 Å². The molecule has 0 amide bonds. The van der Waals surface area contributed by atoms with Crippen molar-refractivity contribution in [3.05, 3.63) is 51.9 Å². The third-order valence-corrected chi connectivity index (χ3v) is 3.14. The van der Waals surface area contributed by atoms with Crippen LogP contribution in [-0.2, 0) is 0 Å². The molecule has 0 saturated carbocycles. The summed E-state index contributed by atoms with van der Waals surface area (Å²) in [7, 11) is 0. The number of anilines is 2. The fourth-order valence-corrected chi connectivity index (χ4v) is 1.61. The number of hydrogen-bond donors (Lipinski definition) is 1. The van der Waals surface area contributed by atoms with Crippen molar-refractivity contribution in [3.63, 3.8) is 0 Å². The molecule has 2 nitrogen and oxygen atoms in total. The molecule has 0 aliphatic rings. The lowest BCUT2D eigenvalue weighted by atomic mass is 10.2. The highest BCUT2D eigenvalue weighted by atomic mass is 79.9. The van der Waals surface area contributed by atoms with E-state index in [1.807, 2.05) is 6.92 Å². The van der Waals surface area contributed by atoms with Crippen molar-refractivity contribution >= 4 is 27.4 Å². The topological polar surface area (TPSA) is 24.9 Å². The molecule has 0 atom stereocenters. The molecule has 2 rings (SSSR count). The highest BCUT2D eigenvalue weighted by Gasteiger charge is 2.12. The predicted octanol–water partition coefficient (Wildman–Crippen LogP) is 4.31. The summed E-state index contributed by atoms with van der Waals surface area (Å²) in [5.74, 6) is -2.69. The van der Waals surface area contributed by atoms with Crippen molar-refractivity contribution in [2.75, 3.05) is 5.32 Å². The summed E-state index contributed by atoms with van der Waals surface area (Å²) in [5.41, 5.74) is 0.432. The van der Waals surface area contributed by atoms with E-state index in [0.29, 0.717) is 12.1 Å². The zero-order valence-corrected chi connectivity index (χ0v) is 10.9. The molecule has 18 heavy (non-hydrogen) atoms. The Balaban J connectivity index is 2.37. The Morgan fingerprint density at radius 3 is 2.28 bits per heavy atom. The van der Waals surface area contributed by atoms with Crippen molar-refractivity contribution in [1.82, 2.24) is 4.98 Å². The Kier molecular flexibility index (Phi) is 3.56. The van der Waals surface area contributed by atoms with E-state index < -0.39 is 23.1 Å². The summed E-state index contributed by atoms with van der Waals surface area (Å²) < 4.78 is 40.3. The number of rotatable bonds is 2. The van der Waals surface area contributed by atoms with Crippen LogP contribution < -0.4 is 5.32 Å². The van der Waals surface area contributed by atoms with Crippen molar-refractivity contribution in [3.8, 4) is 0 Å². The number of hydrogen-bond acceptors (Lipinski definition) is 2. The highest BCUT2D eigenvalue weighted by Crippen LogP contribution is 2.25. The van der Waals surface area contributed by atoms with E-state index >= 15 is 0 Å². The first kappa shape index (κ1) is 12.9. The predicted molar refractivity (Wildman–Crippen MR) is 66.3 cm³/mol. The van der Waals surface area contributed by atoms with Gasteiger partial charge in [0.25, 0.3) is 0 Å². The SMILES string of the molecule is Cc1cc(Nc2c(F)cc(F)cc2F)ncc1Br. The second kappa shape index (κ2) is 4.97. The molecule has 0 spiro atoms. The van der Waals surface area contributed by atoms with Gasteiger partial charge in [-0.1, -0.05) is 0 Å². The molecule has 0 aliphatic heterocycles. The first-order valence-corrected chi connectivity index (χ1v) is 5.80. The van der Waals surface area contributed by atoms with E-state index in [9.17, 15) is 13.2 Å². The Bertz CT molecular complexity index is 579. The van der Waals surface area contributed by atoms with Crippen LogP contribution in [0.5, 0.6) is 0 Å². The van der Waals surface area contributed by atoms with Crippen molar-refractivity contribution in [2.24, 2.45) is 0 Å². The number of aryl methyl sites for hydroxylation is 1. The molecular weight excluding hydrogens is 309 g/mol. The van der Waals surface area contributed by atoms with Gasteiger partial charge < -0.3 is 5.32 Å². The van der Waals surface area contributed by atoms with E-state index in [2.05, 4.69) is 26.2 Å². The van der Waals surface area contributed by atoms with Crippen LogP contribution in [0, 0.1) is 24.4 Å². The van der Waals surface area contributed by atoms with Gasteiger partial charge >= 0.3 is 0 Å². The van der Waals surface area contributed by atoms with E-state index in [1.165, 1.54) is 6.20 Å². The fourth-order valence-electron chi connectivity index (χ4n) is 1.40. The molecule has 0 radical (unpaired) electrons. The lowest BCUT2D eigenvalue weighted by Crippen LogP contribution is -2.00. The van der Waals surface area contributed by atoms with Crippen LogP contribution in [-0.4, -0.2) is 4.98 Å². The monoisotopic (exact) mass is 316 g/mol. The molecule has 94 valence electrons. The number of aromatic nitrogens is 1. The van der Waals surface area contributed by atoms with Crippen molar-refractivity contribution < 1.29 is 13.2 Å². The van der Waals surface area contributed by atoms with Gasteiger partial charge in [-0.15, -0.1) is 0 Å².